The fourth-order valence-corrected chi connectivity index (χ4v) is 4.64. The maximum atomic E-state index is 11.7. The molecule has 0 radical (unpaired) electrons. The molecule has 21 heavy (non-hydrogen) atoms. The van der Waals surface area contributed by atoms with Crippen LogP contribution >= 0.6 is 0 Å². The number of piperidine rings is 1. The number of nitrogens with zero attached hydrogens (tertiary/aromatic N) is 2. The molecule has 0 bridgehead atoms. The van der Waals surface area contributed by atoms with Gasteiger partial charge in [-0.2, -0.15) is 0 Å². The highest BCUT2D eigenvalue weighted by molar-refractivity contribution is 7.88. The summed E-state index contributed by atoms with van der Waals surface area (Å²) >= 11 is 0. The summed E-state index contributed by atoms with van der Waals surface area (Å²) in [6.07, 6.45) is 3.16. The van der Waals surface area contributed by atoms with Crippen molar-refractivity contribution in [2.45, 2.75) is 12.8 Å². The summed E-state index contributed by atoms with van der Waals surface area (Å²) < 4.78 is 35.6. The Balaban J connectivity index is 2.02. The Morgan fingerprint density at radius 1 is 1.19 bits per heavy atom. The normalized spacial score (nSPS) is 27.5. The highest BCUT2D eigenvalue weighted by atomic mass is 32.2. The lowest BCUT2D eigenvalue weighted by Gasteiger charge is -2.41. The molecule has 1 spiro atoms. The van der Waals surface area contributed by atoms with Crippen molar-refractivity contribution in [3.8, 4) is 0 Å². The van der Waals surface area contributed by atoms with Gasteiger partial charge in [0.05, 0.1) is 19.5 Å². The Kier molecular flexibility index (Phi) is 5.65. The van der Waals surface area contributed by atoms with Crippen LogP contribution in [0.3, 0.4) is 0 Å². The molecule has 0 saturated carbocycles. The van der Waals surface area contributed by atoms with Crippen LogP contribution in [0.5, 0.6) is 0 Å². The molecule has 0 aromatic rings. The van der Waals surface area contributed by atoms with Gasteiger partial charge in [-0.05, 0) is 18.3 Å². The second-order valence-corrected chi connectivity index (χ2v) is 8.39. The molecule has 0 aliphatic carbocycles. The standard InChI is InChI=1S/C14H28N2O4S/c1-19-9-8-15-10-13(11-20-2)14(12-15)4-6-16(7-5-14)21(3,17)18/h13H,4-12H2,1-3H3/t13-/m1/s1. The van der Waals surface area contributed by atoms with Gasteiger partial charge in [0.25, 0.3) is 0 Å². The Bertz CT molecular complexity index is 432. The predicted molar refractivity (Wildman–Crippen MR) is 81.8 cm³/mol. The number of likely N-dealkylation sites (tertiary alicyclic amines) is 1. The molecule has 2 aliphatic heterocycles. The summed E-state index contributed by atoms with van der Waals surface area (Å²) in [6, 6.07) is 0. The number of hydrogen-bond donors (Lipinski definition) is 0. The fourth-order valence-electron chi connectivity index (χ4n) is 3.80. The third-order valence-corrected chi connectivity index (χ3v) is 6.35. The van der Waals surface area contributed by atoms with Gasteiger partial charge in [-0.1, -0.05) is 0 Å². The molecule has 2 fully saturated rings. The van der Waals surface area contributed by atoms with Crippen LogP contribution < -0.4 is 0 Å². The Hall–Kier alpha value is -0.210. The van der Waals surface area contributed by atoms with Gasteiger partial charge in [0, 0.05) is 52.9 Å². The molecule has 2 heterocycles. The predicted octanol–water partition coefficient (Wildman–Crippen LogP) is 0.253. The molecule has 124 valence electrons. The molecule has 0 unspecified atom stereocenters. The second kappa shape index (κ2) is 6.91. The van der Waals surface area contributed by atoms with Gasteiger partial charge in [0.15, 0.2) is 0 Å². The van der Waals surface area contributed by atoms with Crippen LogP contribution in [0.4, 0.5) is 0 Å². The number of ether oxygens (including phenoxy) is 2. The molecule has 6 nitrogen and oxygen atoms in total. The molecular weight excluding hydrogens is 292 g/mol. The van der Waals surface area contributed by atoms with Crippen LogP contribution in [-0.4, -0.2) is 84.0 Å². The topological polar surface area (TPSA) is 59.1 Å². The first kappa shape index (κ1) is 17.1. The Morgan fingerprint density at radius 2 is 1.86 bits per heavy atom. The van der Waals surface area contributed by atoms with E-state index in [-0.39, 0.29) is 5.41 Å². The van der Waals surface area contributed by atoms with Gasteiger partial charge < -0.3 is 14.4 Å². The largest absolute Gasteiger partial charge is 0.384 e. The minimum Gasteiger partial charge on any atom is -0.384 e. The number of rotatable bonds is 6. The van der Waals surface area contributed by atoms with E-state index in [0.717, 1.165) is 45.7 Å². The summed E-state index contributed by atoms with van der Waals surface area (Å²) in [6.45, 7) is 5.76. The summed E-state index contributed by atoms with van der Waals surface area (Å²) in [5, 5.41) is 0. The zero-order valence-corrected chi connectivity index (χ0v) is 14.2. The van der Waals surface area contributed by atoms with Crippen molar-refractivity contribution in [2.75, 3.05) is 66.4 Å². The lowest BCUT2D eigenvalue weighted by molar-refractivity contribution is 0.0567. The van der Waals surface area contributed by atoms with Crippen LogP contribution in [0.15, 0.2) is 0 Å². The van der Waals surface area contributed by atoms with Crippen LogP contribution in [-0.2, 0) is 19.5 Å². The van der Waals surface area contributed by atoms with Crippen LogP contribution in [0, 0.1) is 11.3 Å². The number of sulfonamides is 1. The number of methoxy groups -OCH3 is 2. The van der Waals surface area contributed by atoms with Gasteiger partial charge in [-0.25, -0.2) is 12.7 Å². The average Bonchev–Trinajstić information content (AvgIpc) is 2.74. The lowest BCUT2D eigenvalue weighted by atomic mass is 9.71. The molecular formula is C14H28N2O4S. The van der Waals surface area contributed by atoms with Crippen molar-refractivity contribution in [1.82, 2.24) is 9.21 Å². The molecule has 2 aliphatic rings. The maximum Gasteiger partial charge on any atom is 0.211 e. The van der Waals surface area contributed by atoms with Crippen LogP contribution in [0.2, 0.25) is 0 Å². The molecule has 1 atom stereocenters. The van der Waals surface area contributed by atoms with Gasteiger partial charge in [-0.3, -0.25) is 0 Å². The van der Waals surface area contributed by atoms with Crippen molar-refractivity contribution in [3.05, 3.63) is 0 Å². The maximum absolute atomic E-state index is 11.7. The van der Waals surface area contributed by atoms with E-state index in [1.807, 2.05) is 0 Å². The highest BCUT2D eigenvalue weighted by Gasteiger charge is 2.48. The molecule has 0 amide bonds. The third-order valence-electron chi connectivity index (χ3n) is 5.05. The highest BCUT2D eigenvalue weighted by Crippen LogP contribution is 2.45. The van der Waals surface area contributed by atoms with Crippen molar-refractivity contribution >= 4 is 10.0 Å². The summed E-state index contributed by atoms with van der Waals surface area (Å²) in [4.78, 5) is 2.43. The molecule has 2 saturated heterocycles. The van der Waals surface area contributed by atoms with Crippen LogP contribution in [0.1, 0.15) is 12.8 Å². The lowest BCUT2D eigenvalue weighted by Crippen LogP contribution is -2.46. The van der Waals surface area contributed by atoms with E-state index in [1.54, 1.807) is 18.5 Å². The zero-order chi connectivity index (χ0) is 15.5. The van der Waals surface area contributed by atoms with E-state index >= 15 is 0 Å². The van der Waals surface area contributed by atoms with E-state index in [4.69, 9.17) is 9.47 Å². The molecule has 7 heteroatoms. The molecule has 2 rings (SSSR count). The van der Waals surface area contributed by atoms with Gasteiger partial charge in [0.2, 0.25) is 10.0 Å². The molecule has 0 aromatic heterocycles. The van der Waals surface area contributed by atoms with Crippen LogP contribution in [0.25, 0.3) is 0 Å². The monoisotopic (exact) mass is 320 g/mol. The van der Waals surface area contributed by atoms with E-state index < -0.39 is 10.0 Å². The minimum absolute atomic E-state index is 0.199. The summed E-state index contributed by atoms with van der Waals surface area (Å²) in [5.74, 6) is 0.487. The van der Waals surface area contributed by atoms with Gasteiger partial charge in [0.1, 0.15) is 0 Å². The van der Waals surface area contributed by atoms with E-state index in [9.17, 15) is 8.42 Å². The fraction of sp³-hybridized carbons (Fsp3) is 1.00. The molecule has 0 N–H and O–H groups in total. The summed E-state index contributed by atoms with van der Waals surface area (Å²) in [5.41, 5.74) is 0.199. The first-order valence-electron chi connectivity index (χ1n) is 7.56. The van der Waals surface area contributed by atoms with Crippen molar-refractivity contribution in [3.63, 3.8) is 0 Å². The van der Waals surface area contributed by atoms with Crippen molar-refractivity contribution < 1.29 is 17.9 Å². The van der Waals surface area contributed by atoms with E-state index in [1.165, 1.54) is 6.26 Å². The smallest absolute Gasteiger partial charge is 0.211 e. The SMILES string of the molecule is COCCN1C[C@H](COC)C2(CCN(S(C)(=O)=O)CC2)C1. The van der Waals surface area contributed by atoms with Crippen molar-refractivity contribution in [2.24, 2.45) is 11.3 Å². The zero-order valence-electron chi connectivity index (χ0n) is 13.4. The Morgan fingerprint density at radius 3 is 2.38 bits per heavy atom. The third kappa shape index (κ3) is 3.96. The quantitative estimate of drug-likeness (QED) is 0.702. The summed E-state index contributed by atoms with van der Waals surface area (Å²) in [7, 11) is 0.411. The first-order chi connectivity index (χ1) is 9.91. The average molecular weight is 320 g/mol. The van der Waals surface area contributed by atoms with Gasteiger partial charge >= 0.3 is 0 Å². The van der Waals surface area contributed by atoms with Gasteiger partial charge in [-0.15, -0.1) is 0 Å². The van der Waals surface area contributed by atoms with E-state index in [2.05, 4.69) is 4.90 Å². The van der Waals surface area contributed by atoms with E-state index in [0.29, 0.717) is 19.0 Å². The Labute approximate surface area is 128 Å². The minimum atomic E-state index is -3.06. The molecule has 0 aromatic carbocycles. The number of hydrogen-bond acceptors (Lipinski definition) is 5. The second-order valence-electron chi connectivity index (χ2n) is 6.40. The first-order valence-corrected chi connectivity index (χ1v) is 9.41. The van der Waals surface area contributed by atoms with Crippen molar-refractivity contribution in [1.29, 1.82) is 0 Å².